The van der Waals surface area contributed by atoms with Crippen LogP contribution in [-0.2, 0) is 6.54 Å². The van der Waals surface area contributed by atoms with Crippen LogP contribution in [0.4, 0.5) is 10.1 Å². The molecule has 2 amide bonds. The number of hydrogen-bond donors (Lipinski definition) is 2. The third-order valence-electron chi connectivity index (χ3n) is 5.77. The number of nitrogens with zero attached hydrogens (tertiary/aromatic N) is 1. The first kappa shape index (κ1) is 24.2. The highest BCUT2D eigenvalue weighted by atomic mass is 19.1. The van der Waals surface area contributed by atoms with E-state index in [4.69, 9.17) is 15.2 Å². The molecule has 35 heavy (non-hydrogen) atoms. The molecular formula is C27H28FN3O4. The summed E-state index contributed by atoms with van der Waals surface area (Å²) in [7, 11) is 0. The van der Waals surface area contributed by atoms with Gasteiger partial charge in [0.05, 0.1) is 0 Å². The van der Waals surface area contributed by atoms with E-state index in [2.05, 4.69) is 5.32 Å². The van der Waals surface area contributed by atoms with Crippen molar-refractivity contribution < 1.29 is 23.5 Å². The van der Waals surface area contributed by atoms with E-state index in [9.17, 15) is 14.0 Å². The highest BCUT2D eigenvalue weighted by Gasteiger charge is 2.26. The Bertz CT molecular complexity index is 1210. The van der Waals surface area contributed by atoms with E-state index >= 15 is 0 Å². The summed E-state index contributed by atoms with van der Waals surface area (Å²) in [6.07, 6.45) is 0. The Balaban J connectivity index is 1.49. The fraction of sp³-hybridized carbons (Fsp3) is 0.259. The highest BCUT2D eigenvalue weighted by Crippen LogP contribution is 2.33. The number of nitrogens with one attached hydrogen (secondary N) is 1. The van der Waals surface area contributed by atoms with Gasteiger partial charge in [0.2, 0.25) is 6.79 Å². The van der Waals surface area contributed by atoms with Crippen LogP contribution in [0, 0.1) is 11.2 Å². The predicted molar refractivity (Wildman–Crippen MR) is 131 cm³/mol. The van der Waals surface area contributed by atoms with Gasteiger partial charge in [0, 0.05) is 29.9 Å². The SMILES string of the molecule is CC(C)(CN)CN(Cc1ccc(NC(=O)c2ccc(F)cc2)cc1)C(=O)c1ccc2c(c1)OCO2. The Hall–Kier alpha value is -3.91. The van der Waals surface area contributed by atoms with Crippen molar-refractivity contribution in [2.75, 3.05) is 25.2 Å². The molecule has 0 aliphatic carbocycles. The molecule has 3 N–H and O–H groups in total. The Kier molecular flexibility index (Phi) is 7.02. The first-order valence-corrected chi connectivity index (χ1v) is 11.3. The van der Waals surface area contributed by atoms with Crippen molar-refractivity contribution in [3.8, 4) is 11.5 Å². The third kappa shape index (κ3) is 5.96. The van der Waals surface area contributed by atoms with Crippen molar-refractivity contribution in [2.45, 2.75) is 20.4 Å². The number of carbonyl (C=O) groups excluding carboxylic acids is 2. The molecule has 0 saturated carbocycles. The number of amides is 2. The van der Waals surface area contributed by atoms with Crippen molar-refractivity contribution in [1.82, 2.24) is 4.90 Å². The maximum atomic E-state index is 13.4. The zero-order chi connectivity index (χ0) is 25.0. The molecule has 1 aliphatic rings. The van der Waals surface area contributed by atoms with Crippen LogP contribution in [0.2, 0.25) is 0 Å². The van der Waals surface area contributed by atoms with Gasteiger partial charge < -0.3 is 25.4 Å². The van der Waals surface area contributed by atoms with Gasteiger partial charge in [0.15, 0.2) is 11.5 Å². The van der Waals surface area contributed by atoms with Gasteiger partial charge in [-0.1, -0.05) is 26.0 Å². The molecule has 0 spiro atoms. The number of nitrogens with two attached hydrogens (primary N) is 1. The minimum Gasteiger partial charge on any atom is -0.454 e. The molecule has 3 aromatic rings. The number of carbonyl (C=O) groups is 2. The summed E-state index contributed by atoms with van der Waals surface area (Å²) >= 11 is 0. The number of benzene rings is 3. The van der Waals surface area contributed by atoms with E-state index in [1.807, 2.05) is 26.0 Å². The van der Waals surface area contributed by atoms with Gasteiger partial charge in [-0.3, -0.25) is 9.59 Å². The van der Waals surface area contributed by atoms with Crippen molar-refractivity contribution in [3.63, 3.8) is 0 Å². The van der Waals surface area contributed by atoms with E-state index in [-0.39, 0.29) is 24.0 Å². The van der Waals surface area contributed by atoms with E-state index < -0.39 is 5.82 Å². The summed E-state index contributed by atoms with van der Waals surface area (Å²) in [5, 5.41) is 2.79. The van der Waals surface area contributed by atoms with Gasteiger partial charge in [-0.15, -0.1) is 0 Å². The average molecular weight is 478 g/mol. The molecule has 0 bridgehead atoms. The maximum absolute atomic E-state index is 13.4. The highest BCUT2D eigenvalue weighted by molar-refractivity contribution is 6.04. The van der Waals surface area contributed by atoms with Gasteiger partial charge in [-0.2, -0.15) is 0 Å². The lowest BCUT2D eigenvalue weighted by molar-refractivity contribution is 0.0673. The second kappa shape index (κ2) is 10.1. The molecular weight excluding hydrogens is 449 g/mol. The molecule has 1 heterocycles. The molecule has 7 nitrogen and oxygen atoms in total. The van der Waals surface area contributed by atoms with Crippen LogP contribution in [0.1, 0.15) is 40.1 Å². The first-order chi connectivity index (χ1) is 16.7. The minimum atomic E-state index is -0.399. The smallest absolute Gasteiger partial charge is 0.255 e. The van der Waals surface area contributed by atoms with Crippen molar-refractivity contribution in [3.05, 3.63) is 89.2 Å². The van der Waals surface area contributed by atoms with E-state index in [0.29, 0.717) is 47.9 Å². The predicted octanol–water partition coefficient (Wildman–Crippen LogP) is 4.43. The fourth-order valence-electron chi connectivity index (χ4n) is 3.71. The van der Waals surface area contributed by atoms with Gasteiger partial charge >= 0.3 is 0 Å². The Labute approximate surface area is 203 Å². The monoisotopic (exact) mass is 477 g/mol. The second-order valence-electron chi connectivity index (χ2n) is 9.26. The second-order valence-corrected chi connectivity index (χ2v) is 9.26. The van der Waals surface area contributed by atoms with Crippen LogP contribution in [0.15, 0.2) is 66.7 Å². The van der Waals surface area contributed by atoms with Crippen molar-refractivity contribution in [1.29, 1.82) is 0 Å². The zero-order valence-electron chi connectivity index (χ0n) is 19.7. The van der Waals surface area contributed by atoms with E-state index in [1.54, 1.807) is 35.2 Å². The normalized spacial score (nSPS) is 12.3. The first-order valence-electron chi connectivity index (χ1n) is 11.3. The molecule has 0 fully saturated rings. The molecule has 0 unspecified atom stereocenters. The van der Waals surface area contributed by atoms with Crippen LogP contribution in [0.25, 0.3) is 0 Å². The summed E-state index contributed by atoms with van der Waals surface area (Å²) in [5.74, 6) is 0.299. The topological polar surface area (TPSA) is 93.9 Å². The van der Waals surface area contributed by atoms with E-state index in [0.717, 1.165) is 5.56 Å². The molecule has 182 valence electrons. The van der Waals surface area contributed by atoms with Crippen LogP contribution >= 0.6 is 0 Å². The number of fused-ring (bicyclic) bond motifs is 1. The summed E-state index contributed by atoms with van der Waals surface area (Å²) < 4.78 is 23.9. The van der Waals surface area contributed by atoms with Crippen molar-refractivity contribution in [2.24, 2.45) is 11.1 Å². The largest absolute Gasteiger partial charge is 0.454 e. The lowest BCUT2D eigenvalue weighted by Crippen LogP contribution is -2.41. The Morgan fingerprint density at radius 2 is 1.63 bits per heavy atom. The van der Waals surface area contributed by atoms with Gasteiger partial charge in [0.25, 0.3) is 11.8 Å². The quantitative estimate of drug-likeness (QED) is 0.501. The van der Waals surface area contributed by atoms with Crippen molar-refractivity contribution >= 4 is 17.5 Å². The maximum Gasteiger partial charge on any atom is 0.255 e. The molecule has 0 radical (unpaired) electrons. The van der Waals surface area contributed by atoms with E-state index in [1.165, 1.54) is 24.3 Å². The van der Waals surface area contributed by atoms with Gasteiger partial charge in [-0.25, -0.2) is 4.39 Å². The molecule has 8 heteroatoms. The molecule has 1 aliphatic heterocycles. The lowest BCUT2D eigenvalue weighted by atomic mass is 9.92. The molecule has 4 rings (SSSR count). The summed E-state index contributed by atoms with van der Waals surface area (Å²) in [5.41, 5.74) is 8.02. The summed E-state index contributed by atoms with van der Waals surface area (Å²) in [6, 6.07) is 17.8. The number of halogens is 1. The molecule has 0 atom stereocenters. The van der Waals surface area contributed by atoms with Gasteiger partial charge in [-0.05, 0) is 72.1 Å². The number of rotatable bonds is 8. The fourth-order valence-corrected chi connectivity index (χ4v) is 3.71. The molecule has 0 aromatic heterocycles. The average Bonchev–Trinajstić information content (AvgIpc) is 3.32. The van der Waals surface area contributed by atoms with Crippen LogP contribution in [0.5, 0.6) is 11.5 Å². The van der Waals surface area contributed by atoms with Crippen LogP contribution in [-0.4, -0.2) is 36.6 Å². The molecule has 3 aromatic carbocycles. The third-order valence-corrected chi connectivity index (χ3v) is 5.77. The van der Waals surface area contributed by atoms with Crippen LogP contribution in [0.3, 0.4) is 0 Å². The lowest BCUT2D eigenvalue weighted by Gasteiger charge is -2.32. The number of anilines is 1. The summed E-state index contributed by atoms with van der Waals surface area (Å²) in [4.78, 5) is 27.6. The number of hydrogen-bond acceptors (Lipinski definition) is 5. The zero-order valence-corrected chi connectivity index (χ0v) is 19.7. The summed E-state index contributed by atoms with van der Waals surface area (Å²) in [6.45, 7) is 5.41. The Morgan fingerprint density at radius 1 is 0.971 bits per heavy atom. The number of ether oxygens (including phenoxy) is 2. The Morgan fingerprint density at radius 3 is 2.31 bits per heavy atom. The molecule has 0 saturated heterocycles. The van der Waals surface area contributed by atoms with Crippen LogP contribution < -0.4 is 20.5 Å². The standard InChI is InChI=1S/C27H28FN3O4/c1-27(2,15-29)16-31(26(33)20-7-12-23-24(13-20)35-17-34-23)14-18-3-10-22(11-4-18)30-25(32)19-5-8-21(28)9-6-19/h3-13H,14-17,29H2,1-2H3,(H,30,32). The minimum absolute atomic E-state index is 0.140. The van der Waals surface area contributed by atoms with Gasteiger partial charge in [0.1, 0.15) is 5.82 Å².